The molecule has 1 aromatic rings. The van der Waals surface area contributed by atoms with Gasteiger partial charge in [-0.15, -0.1) is 0 Å². The van der Waals surface area contributed by atoms with Crippen molar-refractivity contribution >= 4 is 27.3 Å². The van der Waals surface area contributed by atoms with Crippen molar-refractivity contribution in [3.63, 3.8) is 0 Å². The Morgan fingerprint density at radius 2 is 1.85 bits per heavy atom. The highest BCUT2D eigenvalue weighted by molar-refractivity contribution is 7.89. The third-order valence-electron chi connectivity index (χ3n) is 3.57. The molecular formula is C12H18N4O3S. The average Bonchev–Trinajstić information content (AvgIpc) is 2.38. The molecule has 20 heavy (non-hydrogen) atoms. The van der Waals surface area contributed by atoms with Gasteiger partial charge in [0, 0.05) is 19.0 Å². The Bertz CT molecular complexity index is 622. The largest absolute Gasteiger partial charge is 0.397 e. The molecule has 2 rings (SSSR count). The number of primary sulfonamides is 1. The van der Waals surface area contributed by atoms with Gasteiger partial charge >= 0.3 is 0 Å². The summed E-state index contributed by atoms with van der Waals surface area (Å²) in [4.78, 5) is 13.1. The van der Waals surface area contributed by atoms with E-state index >= 15 is 0 Å². The smallest absolute Gasteiger partial charge is 0.238 e. The van der Waals surface area contributed by atoms with E-state index in [1.165, 1.54) is 18.2 Å². The van der Waals surface area contributed by atoms with Gasteiger partial charge in [-0.2, -0.15) is 0 Å². The molecule has 1 amide bonds. The maximum absolute atomic E-state index is 11.4. The predicted molar refractivity (Wildman–Crippen MR) is 76.4 cm³/mol. The van der Waals surface area contributed by atoms with Gasteiger partial charge in [-0.25, -0.2) is 13.6 Å². The maximum atomic E-state index is 11.4. The number of primary amides is 1. The minimum absolute atomic E-state index is 0.0266. The van der Waals surface area contributed by atoms with Crippen LogP contribution in [-0.2, 0) is 14.8 Å². The zero-order valence-electron chi connectivity index (χ0n) is 11.0. The van der Waals surface area contributed by atoms with Crippen molar-refractivity contribution in [2.75, 3.05) is 23.7 Å². The molecule has 1 aliphatic heterocycles. The van der Waals surface area contributed by atoms with Gasteiger partial charge in [0.15, 0.2) is 0 Å². The maximum Gasteiger partial charge on any atom is 0.238 e. The van der Waals surface area contributed by atoms with Gasteiger partial charge in [0.1, 0.15) is 0 Å². The van der Waals surface area contributed by atoms with Crippen LogP contribution in [0.3, 0.4) is 0 Å². The van der Waals surface area contributed by atoms with Crippen molar-refractivity contribution in [2.45, 2.75) is 17.7 Å². The molecule has 8 heteroatoms. The third kappa shape index (κ3) is 3.02. The van der Waals surface area contributed by atoms with Crippen LogP contribution in [0.2, 0.25) is 0 Å². The number of anilines is 2. The van der Waals surface area contributed by atoms with Gasteiger partial charge in [0.05, 0.1) is 16.3 Å². The zero-order chi connectivity index (χ0) is 14.9. The summed E-state index contributed by atoms with van der Waals surface area (Å²) in [5.41, 5.74) is 12.3. The summed E-state index contributed by atoms with van der Waals surface area (Å²) in [6.07, 6.45) is 1.27. The highest BCUT2D eigenvalue weighted by Gasteiger charge is 2.24. The topological polar surface area (TPSA) is 133 Å². The molecule has 0 aromatic heterocycles. The molecule has 0 spiro atoms. The number of rotatable bonds is 3. The Labute approximate surface area is 117 Å². The first-order chi connectivity index (χ1) is 9.29. The highest BCUT2D eigenvalue weighted by atomic mass is 32.2. The van der Waals surface area contributed by atoms with Crippen LogP contribution < -0.4 is 21.5 Å². The number of nitrogens with zero attached hydrogens (tertiary/aromatic N) is 1. The Morgan fingerprint density at radius 1 is 1.25 bits per heavy atom. The number of nitrogens with two attached hydrogens (primary N) is 3. The number of amides is 1. The van der Waals surface area contributed by atoms with Crippen LogP contribution in [-0.4, -0.2) is 27.4 Å². The molecule has 0 bridgehead atoms. The minimum Gasteiger partial charge on any atom is -0.397 e. The van der Waals surface area contributed by atoms with Crippen molar-refractivity contribution in [1.29, 1.82) is 0 Å². The van der Waals surface area contributed by atoms with Gasteiger partial charge in [0.2, 0.25) is 15.9 Å². The van der Waals surface area contributed by atoms with Crippen molar-refractivity contribution in [3.8, 4) is 0 Å². The molecule has 0 unspecified atom stereocenters. The summed E-state index contributed by atoms with van der Waals surface area (Å²) in [5, 5.41) is 5.12. The number of hydrogen-bond acceptors (Lipinski definition) is 5. The summed E-state index contributed by atoms with van der Waals surface area (Å²) in [7, 11) is -3.76. The van der Waals surface area contributed by atoms with Gasteiger partial charge in [0.25, 0.3) is 0 Å². The molecule has 0 aliphatic carbocycles. The third-order valence-corrected chi connectivity index (χ3v) is 4.48. The van der Waals surface area contributed by atoms with Crippen LogP contribution in [0.15, 0.2) is 23.1 Å². The Hall–Kier alpha value is -1.80. The molecule has 1 aliphatic rings. The first kappa shape index (κ1) is 14.6. The van der Waals surface area contributed by atoms with E-state index < -0.39 is 10.0 Å². The second-order valence-electron chi connectivity index (χ2n) is 4.93. The van der Waals surface area contributed by atoms with Crippen molar-refractivity contribution in [3.05, 3.63) is 18.2 Å². The standard InChI is InChI=1S/C12H18N4O3S/c13-10-2-1-9(20(15,18)19)7-11(10)16-5-3-8(4-6-16)12(14)17/h1-2,7-8H,3-6,13H2,(H2,14,17)(H2,15,18,19). The van der Waals surface area contributed by atoms with E-state index in [0.717, 1.165) is 0 Å². The lowest BCUT2D eigenvalue weighted by atomic mass is 9.96. The highest BCUT2D eigenvalue weighted by Crippen LogP contribution is 2.30. The first-order valence-electron chi connectivity index (χ1n) is 6.25. The summed E-state index contributed by atoms with van der Waals surface area (Å²) >= 11 is 0. The van der Waals surface area contributed by atoms with Gasteiger partial charge in [-0.05, 0) is 31.0 Å². The molecule has 1 saturated heterocycles. The number of piperidine rings is 1. The molecule has 0 saturated carbocycles. The molecule has 0 atom stereocenters. The molecule has 7 nitrogen and oxygen atoms in total. The van der Waals surface area contributed by atoms with E-state index in [2.05, 4.69) is 0 Å². The zero-order valence-corrected chi connectivity index (χ0v) is 11.8. The van der Waals surface area contributed by atoms with Gasteiger partial charge in [-0.1, -0.05) is 0 Å². The molecular weight excluding hydrogens is 280 g/mol. The van der Waals surface area contributed by atoms with Gasteiger partial charge in [-0.3, -0.25) is 4.79 Å². The molecule has 1 fully saturated rings. The number of sulfonamides is 1. The van der Waals surface area contributed by atoms with Crippen molar-refractivity contribution in [1.82, 2.24) is 0 Å². The van der Waals surface area contributed by atoms with Crippen LogP contribution in [0.1, 0.15) is 12.8 Å². The van der Waals surface area contributed by atoms with E-state index in [9.17, 15) is 13.2 Å². The van der Waals surface area contributed by atoms with E-state index in [1.807, 2.05) is 4.90 Å². The Balaban J connectivity index is 2.24. The molecule has 1 heterocycles. The lowest BCUT2D eigenvalue weighted by Gasteiger charge is -2.33. The van der Waals surface area contributed by atoms with Crippen LogP contribution in [0.4, 0.5) is 11.4 Å². The van der Waals surface area contributed by atoms with Crippen molar-refractivity contribution < 1.29 is 13.2 Å². The molecule has 6 N–H and O–H groups in total. The molecule has 110 valence electrons. The van der Waals surface area contributed by atoms with Crippen LogP contribution in [0.5, 0.6) is 0 Å². The SMILES string of the molecule is NC(=O)C1CCN(c2cc(S(N)(=O)=O)ccc2N)CC1. The van der Waals surface area contributed by atoms with Gasteiger partial charge < -0.3 is 16.4 Å². The van der Waals surface area contributed by atoms with E-state index in [0.29, 0.717) is 37.3 Å². The number of nitrogen functional groups attached to an aromatic ring is 1. The fourth-order valence-electron chi connectivity index (χ4n) is 2.38. The lowest BCUT2D eigenvalue weighted by molar-refractivity contribution is -0.122. The molecule has 1 aromatic carbocycles. The number of hydrogen-bond donors (Lipinski definition) is 3. The summed E-state index contributed by atoms with van der Waals surface area (Å²) in [6, 6.07) is 4.37. The van der Waals surface area contributed by atoms with E-state index in [1.54, 1.807) is 0 Å². The van der Waals surface area contributed by atoms with Crippen molar-refractivity contribution in [2.24, 2.45) is 16.8 Å². The van der Waals surface area contributed by atoms with E-state index in [4.69, 9.17) is 16.6 Å². The fourth-order valence-corrected chi connectivity index (χ4v) is 2.91. The molecule has 0 radical (unpaired) electrons. The van der Waals surface area contributed by atoms with Crippen LogP contribution in [0.25, 0.3) is 0 Å². The van der Waals surface area contributed by atoms with Crippen LogP contribution >= 0.6 is 0 Å². The van der Waals surface area contributed by atoms with Crippen LogP contribution in [0, 0.1) is 5.92 Å². The summed E-state index contributed by atoms with van der Waals surface area (Å²) in [5.74, 6) is -0.426. The fraction of sp³-hybridized carbons (Fsp3) is 0.417. The predicted octanol–water partition coefficient (Wildman–Crippen LogP) is -0.382. The normalized spacial score (nSPS) is 17.1. The number of carbonyl (C=O) groups excluding carboxylic acids is 1. The number of benzene rings is 1. The Kier molecular flexibility index (Phi) is 3.87. The minimum atomic E-state index is -3.76. The first-order valence-corrected chi connectivity index (χ1v) is 7.80. The summed E-state index contributed by atoms with van der Waals surface area (Å²) in [6.45, 7) is 1.21. The van der Waals surface area contributed by atoms with E-state index in [-0.39, 0.29) is 16.7 Å². The second kappa shape index (κ2) is 5.29. The monoisotopic (exact) mass is 298 g/mol. The number of carbonyl (C=O) groups is 1. The second-order valence-corrected chi connectivity index (χ2v) is 6.49. The quantitative estimate of drug-likeness (QED) is 0.654. The Morgan fingerprint density at radius 3 is 2.35 bits per heavy atom. The summed E-state index contributed by atoms with van der Waals surface area (Å²) < 4.78 is 22.8. The lowest BCUT2D eigenvalue weighted by Crippen LogP contribution is -2.38. The average molecular weight is 298 g/mol.